The Morgan fingerprint density at radius 3 is 2.89 bits per heavy atom. The summed E-state index contributed by atoms with van der Waals surface area (Å²) < 4.78 is 0. The molecule has 0 aliphatic rings. The topological polar surface area (TPSA) is 75.1 Å². The van der Waals surface area contributed by atoms with E-state index in [4.69, 9.17) is 5.11 Å². The highest BCUT2D eigenvalue weighted by Gasteiger charge is 2.08. The number of hydrogen-bond donors (Lipinski definition) is 2. The van der Waals surface area contributed by atoms with Crippen LogP contribution < -0.4 is 5.32 Å². The largest absolute Gasteiger partial charge is 0.478 e. The standard InChI is InChI=1S/C13H15N3O2S/c1-2-3-10-4-9(13(17)18)5-12(16-10)14-6-11-7-19-8-15-11/h4-5,7-8H,2-3,6H2,1H3,(H,14,16)(H,17,18). The van der Waals surface area contributed by atoms with E-state index in [1.165, 1.54) is 11.3 Å². The minimum atomic E-state index is -0.934. The molecule has 0 atom stereocenters. The number of nitrogens with zero attached hydrogens (tertiary/aromatic N) is 2. The predicted molar refractivity (Wildman–Crippen MR) is 74.6 cm³/mol. The van der Waals surface area contributed by atoms with Crippen LogP contribution in [0.15, 0.2) is 23.0 Å². The van der Waals surface area contributed by atoms with E-state index in [-0.39, 0.29) is 5.56 Å². The minimum Gasteiger partial charge on any atom is -0.478 e. The van der Waals surface area contributed by atoms with Crippen LogP contribution in [0.25, 0.3) is 0 Å². The lowest BCUT2D eigenvalue weighted by Gasteiger charge is -2.08. The molecule has 0 saturated carbocycles. The van der Waals surface area contributed by atoms with Gasteiger partial charge >= 0.3 is 5.97 Å². The Balaban J connectivity index is 2.16. The summed E-state index contributed by atoms with van der Waals surface area (Å²) in [5, 5.41) is 14.1. The highest BCUT2D eigenvalue weighted by Crippen LogP contribution is 2.13. The maximum absolute atomic E-state index is 11.1. The number of anilines is 1. The summed E-state index contributed by atoms with van der Waals surface area (Å²) in [4.78, 5) is 19.6. The van der Waals surface area contributed by atoms with Crippen LogP contribution in [0.5, 0.6) is 0 Å². The lowest BCUT2D eigenvalue weighted by Crippen LogP contribution is -2.06. The van der Waals surface area contributed by atoms with Gasteiger partial charge in [0.25, 0.3) is 0 Å². The first-order valence-corrected chi connectivity index (χ1v) is 6.98. The number of carboxylic acid groups (broad SMARTS) is 1. The third kappa shape index (κ3) is 3.75. The number of aryl methyl sites for hydroxylation is 1. The fraction of sp³-hybridized carbons (Fsp3) is 0.308. The number of carbonyl (C=O) groups is 1. The van der Waals surface area contributed by atoms with Crippen LogP contribution in [0.4, 0.5) is 5.82 Å². The van der Waals surface area contributed by atoms with Crippen molar-refractivity contribution in [2.75, 3.05) is 5.32 Å². The Bertz CT molecular complexity index is 555. The molecule has 2 heterocycles. The highest BCUT2D eigenvalue weighted by atomic mass is 32.1. The average molecular weight is 277 g/mol. The van der Waals surface area contributed by atoms with E-state index in [2.05, 4.69) is 15.3 Å². The molecule has 0 radical (unpaired) electrons. The molecule has 100 valence electrons. The Morgan fingerprint density at radius 1 is 1.42 bits per heavy atom. The molecule has 0 unspecified atom stereocenters. The zero-order valence-electron chi connectivity index (χ0n) is 10.6. The molecule has 19 heavy (non-hydrogen) atoms. The van der Waals surface area contributed by atoms with Crippen LogP contribution >= 0.6 is 11.3 Å². The van der Waals surface area contributed by atoms with Crippen LogP contribution in [0.3, 0.4) is 0 Å². The molecule has 0 fully saturated rings. The minimum absolute atomic E-state index is 0.263. The summed E-state index contributed by atoms with van der Waals surface area (Å²) in [5.74, 6) is -0.354. The Labute approximate surface area is 115 Å². The van der Waals surface area contributed by atoms with Crippen molar-refractivity contribution in [1.29, 1.82) is 0 Å². The molecule has 5 nitrogen and oxygen atoms in total. The van der Waals surface area contributed by atoms with E-state index in [9.17, 15) is 4.79 Å². The molecule has 0 amide bonds. The molecule has 2 aromatic rings. The monoisotopic (exact) mass is 277 g/mol. The number of rotatable bonds is 6. The lowest BCUT2D eigenvalue weighted by atomic mass is 10.1. The maximum Gasteiger partial charge on any atom is 0.335 e. The van der Waals surface area contributed by atoms with Crippen molar-refractivity contribution >= 4 is 23.1 Å². The van der Waals surface area contributed by atoms with Gasteiger partial charge in [0.1, 0.15) is 5.82 Å². The van der Waals surface area contributed by atoms with E-state index in [1.807, 2.05) is 12.3 Å². The van der Waals surface area contributed by atoms with Crippen LogP contribution in [0.2, 0.25) is 0 Å². The zero-order valence-corrected chi connectivity index (χ0v) is 11.4. The van der Waals surface area contributed by atoms with Crippen molar-refractivity contribution in [3.8, 4) is 0 Å². The molecule has 0 bridgehead atoms. The predicted octanol–water partition coefficient (Wildman–Crippen LogP) is 2.80. The summed E-state index contributed by atoms with van der Waals surface area (Å²) >= 11 is 1.53. The van der Waals surface area contributed by atoms with Gasteiger partial charge in [-0.3, -0.25) is 0 Å². The van der Waals surface area contributed by atoms with Gasteiger partial charge in [0.2, 0.25) is 0 Å². The summed E-state index contributed by atoms with van der Waals surface area (Å²) in [6.45, 7) is 2.59. The Morgan fingerprint density at radius 2 is 2.26 bits per heavy atom. The molecule has 0 aliphatic carbocycles. The first-order valence-electron chi connectivity index (χ1n) is 6.04. The fourth-order valence-electron chi connectivity index (χ4n) is 1.69. The highest BCUT2D eigenvalue weighted by molar-refractivity contribution is 7.07. The van der Waals surface area contributed by atoms with Crippen LogP contribution in [-0.2, 0) is 13.0 Å². The molecule has 6 heteroatoms. The van der Waals surface area contributed by atoms with Crippen LogP contribution in [-0.4, -0.2) is 21.0 Å². The molecular formula is C13H15N3O2S. The van der Waals surface area contributed by atoms with Gasteiger partial charge in [-0.25, -0.2) is 14.8 Å². The molecule has 0 spiro atoms. The molecular weight excluding hydrogens is 262 g/mol. The quantitative estimate of drug-likeness (QED) is 0.849. The van der Waals surface area contributed by atoms with Crippen molar-refractivity contribution in [1.82, 2.24) is 9.97 Å². The second kappa shape index (κ2) is 6.29. The number of nitrogens with one attached hydrogen (secondary N) is 1. The number of hydrogen-bond acceptors (Lipinski definition) is 5. The van der Waals surface area contributed by atoms with E-state index < -0.39 is 5.97 Å². The van der Waals surface area contributed by atoms with E-state index in [1.54, 1.807) is 17.6 Å². The number of carboxylic acids is 1. The number of thiazole rings is 1. The SMILES string of the molecule is CCCc1cc(C(=O)O)cc(NCc2cscn2)n1. The van der Waals surface area contributed by atoms with Gasteiger partial charge in [0, 0.05) is 11.1 Å². The summed E-state index contributed by atoms with van der Waals surface area (Å²) in [6.07, 6.45) is 1.70. The van der Waals surface area contributed by atoms with Gasteiger partial charge in [0.15, 0.2) is 0 Å². The van der Waals surface area contributed by atoms with Gasteiger partial charge < -0.3 is 10.4 Å². The number of aromatic nitrogens is 2. The van der Waals surface area contributed by atoms with Gasteiger partial charge in [0.05, 0.1) is 23.3 Å². The van der Waals surface area contributed by atoms with Crippen LogP contribution in [0, 0.1) is 0 Å². The molecule has 0 saturated heterocycles. The van der Waals surface area contributed by atoms with Gasteiger partial charge in [-0.2, -0.15) is 0 Å². The van der Waals surface area contributed by atoms with Crippen molar-refractivity contribution in [2.24, 2.45) is 0 Å². The van der Waals surface area contributed by atoms with Crippen molar-refractivity contribution in [2.45, 2.75) is 26.3 Å². The number of pyridine rings is 1. The van der Waals surface area contributed by atoms with E-state index in [0.717, 1.165) is 24.2 Å². The maximum atomic E-state index is 11.1. The molecule has 2 rings (SSSR count). The smallest absolute Gasteiger partial charge is 0.335 e. The van der Waals surface area contributed by atoms with Crippen molar-refractivity contribution in [3.63, 3.8) is 0 Å². The molecule has 2 N–H and O–H groups in total. The summed E-state index contributed by atoms with van der Waals surface area (Å²) in [6, 6.07) is 3.17. The second-order valence-electron chi connectivity index (χ2n) is 4.12. The first kappa shape index (κ1) is 13.5. The fourth-order valence-corrected chi connectivity index (χ4v) is 2.25. The van der Waals surface area contributed by atoms with Crippen molar-refractivity contribution < 1.29 is 9.90 Å². The average Bonchev–Trinajstić information content (AvgIpc) is 2.89. The third-order valence-corrected chi connectivity index (χ3v) is 3.20. The lowest BCUT2D eigenvalue weighted by molar-refractivity contribution is 0.0696. The molecule has 0 aliphatic heterocycles. The summed E-state index contributed by atoms with van der Waals surface area (Å²) in [7, 11) is 0. The second-order valence-corrected chi connectivity index (χ2v) is 4.84. The van der Waals surface area contributed by atoms with Crippen molar-refractivity contribution in [3.05, 3.63) is 40.0 Å². The normalized spacial score (nSPS) is 10.4. The molecule has 0 aromatic carbocycles. The van der Waals surface area contributed by atoms with Gasteiger partial charge in [-0.05, 0) is 18.6 Å². The van der Waals surface area contributed by atoms with E-state index in [0.29, 0.717) is 12.4 Å². The summed E-state index contributed by atoms with van der Waals surface area (Å²) in [5.41, 5.74) is 3.74. The van der Waals surface area contributed by atoms with Crippen LogP contribution in [0.1, 0.15) is 35.1 Å². The molecule has 2 aromatic heterocycles. The Hall–Kier alpha value is -1.95. The Kier molecular flexibility index (Phi) is 4.46. The van der Waals surface area contributed by atoms with Gasteiger partial charge in [-0.1, -0.05) is 13.3 Å². The van der Waals surface area contributed by atoms with Gasteiger partial charge in [-0.15, -0.1) is 11.3 Å². The third-order valence-electron chi connectivity index (χ3n) is 2.57. The number of aromatic carboxylic acids is 1. The first-order chi connectivity index (χ1) is 9.19. The van der Waals surface area contributed by atoms with E-state index >= 15 is 0 Å². The zero-order chi connectivity index (χ0) is 13.7.